The molecule has 0 N–H and O–H groups in total. The Bertz CT molecular complexity index is 885. The van der Waals surface area contributed by atoms with Crippen molar-refractivity contribution in [3.63, 3.8) is 0 Å². The monoisotopic (exact) mass is 323 g/mol. The van der Waals surface area contributed by atoms with Gasteiger partial charge < -0.3 is 14.2 Å². The molecule has 6 heteroatoms. The van der Waals surface area contributed by atoms with E-state index in [0.717, 1.165) is 23.1 Å². The average Bonchev–Trinajstić information content (AvgIpc) is 3.24. The maximum Gasteiger partial charge on any atom is 0.276 e. The van der Waals surface area contributed by atoms with Crippen LogP contribution in [0.3, 0.4) is 0 Å². The highest BCUT2D eigenvalue weighted by Crippen LogP contribution is 2.26. The van der Waals surface area contributed by atoms with Crippen molar-refractivity contribution in [3.05, 3.63) is 54.0 Å². The lowest BCUT2D eigenvalue weighted by molar-refractivity contribution is 0.0762. The lowest BCUT2D eigenvalue weighted by Gasteiger charge is -2.16. The van der Waals surface area contributed by atoms with Crippen molar-refractivity contribution in [1.29, 1.82) is 0 Å². The molecule has 1 aliphatic heterocycles. The Balaban J connectivity index is 1.48. The van der Waals surface area contributed by atoms with Gasteiger partial charge in [0.2, 0.25) is 0 Å². The molecule has 0 saturated carbocycles. The Morgan fingerprint density at radius 2 is 2.21 bits per heavy atom. The lowest BCUT2D eigenvalue weighted by Crippen LogP contribution is -2.31. The number of carbonyl (C=O) groups is 1. The number of aromatic nitrogens is 2. The zero-order valence-electron chi connectivity index (χ0n) is 13.3. The second kappa shape index (κ2) is 5.96. The number of aryl methyl sites for hydroxylation is 1. The number of benzene rings is 1. The number of hydrogen-bond donors (Lipinski definition) is 0. The van der Waals surface area contributed by atoms with E-state index in [4.69, 9.17) is 9.26 Å². The first-order valence-corrected chi connectivity index (χ1v) is 7.94. The quantitative estimate of drug-likeness (QED) is 0.741. The highest BCUT2D eigenvalue weighted by atomic mass is 16.5. The predicted octanol–water partition coefficient (Wildman–Crippen LogP) is 2.82. The second-order valence-electron chi connectivity index (χ2n) is 5.93. The van der Waals surface area contributed by atoms with Gasteiger partial charge in [0.25, 0.3) is 5.91 Å². The van der Waals surface area contributed by atoms with Gasteiger partial charge in [0, 0.05) is 30.6 Å². The number of carbonyl (C=O) groups excluding carboxylic acids is 1. The molecule has 24 heavy (non-hydrogen) atoms. The van der Waals surface area contributed by atoms with Crippen molar-refractivity contribution in [2.75, 3.05) is 13.1 Å². The van der Waals surface area contributed by atoms with Crippen molar-refractivity contribution in [2.45, 2.75) is 19.4 Å². The summed E-state index contributed by atoms with van der Waals surface area (Å²) < 4.78 is 11.1. The number of likely N-dealkylation sites (tertiary alicyclic amines) is 1. The Morgan fingerprint density at radius 3 is 3.04 bits per heavy atom. The van der Waals surface area contributed by atoms with E-state index in [2.05, 4.69) is 10.1 Å². The first kappa shape index (κ1) is 14.7. The summed E-state index contributed by atoms with van der Waals surface area (Å²) in [5.74, 6) is 1.27. The van der Waals surface area contributed by atoms with Crippen molar-refractivity contribution >= 4 is 16.8 Å². The standard InChI is InChI=1S/C18H17N3O3/c1-12-10-15(20-24-12)18(22)21-9-7-14(11-21)23-16-6-2-4-13-5-3-8-19-17(13)16/h2-6,8,10,14H,7,9,11H2,1H3. The largest absolute Gasteiger partial charge is 0.486 e. The van der Waals surface area contributed by atoms with Crippen LogP contribution >= 0.6 is 0 Å². The molecular weight excluding hydrogens is 306 g/mol. The summed E-state index contributed by atoms with van der Waals surface area (Å²) in [4.78, 5) is 18.6. The van der Waals surface area contributed by atoms with Gasteiger partial charge in [0.05, 0.1) is 6.54 Å². The first-order chi connectivity index (χ1) is 11.7. The zero-order chi connectivity index (χ0) is 16.5. The smallest absolute Gasteiger partial charge is 0.276 e. The topological polar surface area (TPSA) is 68.5 Å². The van der Waals surface area contributed by atoms with Crippen LogP contribution in [0.5, 0.6) is 5.75 Å². The molecule has 6 nitrogen and oxygen atoms in total. The lowest BCUT2D eigenvalue weighted by atomic mass is 10.2. The molecule has 1 unspecified atom stereocenters. The highest BCUT2D eigenvalue weighted by molar-refractivity contribution is 5.92. The molecule has 3 heterocycles. The molecule has 1 fully saturated rings. The molecule has 1 aromatic carbocycles. The summed E-state index contributed by atoms with van der Waals surface area (Å²) >= 11 is 0. The number of amides is 1. The minimum atomic E-state index is -0.117. The number of rotatable bonds is 3. The van der Waals surface area contributed by atoms with Gasteiger partial charge in [0.15, 0.2) is 5.69 Å². The van der Waals surface area contributed by atoms with Gasteiger partial charge in [-0.05, 0) is 19.1 Å². The molecule has 3 aromatic rings. The summed E-state index contributed by atoms with van der Waals surface area (Å²) in [7, 11) is 0. The van der Waals surface area contributed by atoms with Crippen LogP contribution in [0, 0.1) is 6.92 Å². The van der Waals surface area contributed by atoms with Crippen molar-refractivity contribution in [1.82, 2.24) is 15.0 Å². The van der Waals surface area contributed by atoms with Crippen LogP contribution in [-0.2, 0) is 0 Å². The molecule has 122 valence electrons. The second-order valence-corrected chi connectivity index (χ2v) is 5.93. The minimum Gasteiger partial charge on any atom is -0.486 e. The van der Waals surface area contributed by atoms with Gasteiger partial charge in [-0.2, -0.15) is 0 Å². The molecule has 1 aliphatic rings. The van der Waals surface area contributed by atoms with E-state index in [9.17, 15) is 4.79 Å². The zero-order valence-corrected chi connectivity index (χ0v) is 13.3. The fraction of sp³-hybridized carbons (Fsp3) is 0.278. The van der Waals surface area contributed by atoms with Crippen LogP contribution in [0.15, 0.2) is 47.1 Å². The minimum absolute atomic E-state index is 0.0467. The van der Waals surface area contributed by atoms with Crippen molar-refractivity contribution < 1.29 is 14.1 Å². The van der Waals surface area contributed by atoms with Crippen LogP contribution in [-0.4, -0.2) is 40.1 Å². The third kappa shape index (κ3) is 2.71. The SMILES string of the molecule is Cc1cc(C(=O)N2CCC(Oc3cccc4cccnc34)C2)no1. The Hall–Kier alpha value is -2.89. The maximum atomic E-state index is 12.4. The van der Waals surface area contributed by atoms with E-state index in [1.807, 2.05) is 30.3 Å². The third-order valence-electron chi connectivity index (χ3n) is 4.17. The molecule has 1 saturated heterocycles. The fourth-order valence-electron chi connectivity index (χ4n) is 2.99. The van der Waals surface area contributed by atoms with E-state index in [-0.39, 0.29) is 12.0 Å². The maximum absolute atomic E-state index is 12.4. The van der Waals surface area contributed by atoms with Gasteiger partial charge in [0.1, 0.15) is 23.1 Å². The Kier molecular flexibility index (Phi) is 3.65. The highest BCUT2D eigenvalue weighted by Gasteiger charge is 2.30. The summed E-state index contributed by atoms with van der Waals surface area (Å²) in [6.45, 7) is 2.95. The van der Waals surface area contributed by atoms with E-state index < -0.39 is 0 Å². The molecular formula is C18H17N3O3. The number of hydrogen-bond acceptors (Lipinski definition) is 5. The number of fused-ring (bicyclic) bond motifs is 1. The summed E-state index contributed by atoms with van der Waals surface area (Å²) in [6.07, 6.45) is 2.49. The summed E-state index contributed by atoms with van der Waals surface area (Å²) in [5.41, 5.74) is 1.19. The van der Waals surface area contributed by atoms with Crippen LogP contribution in [0.2, 0.25) is 0 Å². The summed E-state index contributed by atoms with van der Waals surface area (Å²) in [6, 6.07) is 11.4. The van der Waals surface area contributed by atoms with Crippen molar-refractivity contribution in [2.24, 2.45) is 0 Å². The molecule has 0 aliphatic carbocycles. The van der Waals surface area contributed by atoms with Gasteiger partial charge in [-0.1, -0.05) is 23.4 Å². The molecule has 2 aromatic heterocycles. The summed E-state index contributed by atoms with van der Waals surface area (Å²) in [5, 5.41) is 4.83. The van der Waals surface area contributed by atoms with Crippen LogP contribution in [0.25, 0.3) is 10.9 Å². The van der Waals surface area contributed by atoms with Crippen LogP contribution < -0.4 is 4.74 Å². The van der Waals surface area contributed by atoms with E-state index in [0.29, 0.717) is 24.5 Å². The molecule has 0 spiro atoms. The van der Waals surface area contributed by atoms with Crippen molar-refractivity contribution in [3.8, 4) is 5.75 Å². The molecule has 1 atom stereocenters. The van der Waals surface area contributed by atoms with E-state index in [1.54, 1.807) is 24.1 Å². The van der Waals surface area contributed by atoms with Gasteiger partial charge in [-0.15, -0.1) is 0 Å². The molecule has 1 amide bonds. The molecule has 0 radical (unpaired) electrons. The van der Waals surface area contributed by atoms with Crippen LogP contribution in [0.1, 0.15) is 22.7 Å². The van der Waals surface area contributed by atoms with Gasteiger partial charge >= 0.3 is 0 Å². The average molecular weight is 323 g/mol. The Morgan fingerprint density at radius 1 is 1.33 bits per heavy atom. The normalized spacial score (nSPS) is 17.4. The van der Waals surface area contributed by atoms with Crippen LogP contribution in [0.4, 0.5) is 0 Å². The number of nitrogens with zero attached hydrogens (tertiary/aromatic N) is 3. The third-order valence-corrected chi connectivity index (χ3v) is 4.17. The molecule has 4 rings (SSSR count). The van der Waals surface area contributed by atoms with Gasteiger partial charge in [-0.25, -0.2) is 0 Å². The first-order valence-electron chi connectivity index (χ1n) is 7.94. The fourth-order valence-corrected chi connectivity index (χ4v) is 2.99. The number of pyridine rings is 1. The van der Waals surface area contributed by atoms with E-state index in [1.165, 1.54) is 0 Å². The van der Waals surface area contributed by atoms with E-state index >= 15 is 0 Å². The number of para-hydroxylation sites is 1. The van der Waals surface area contributed by atoms with Gasteiger partial charge in [-0.3, -0.25) is 9.78 Å². The Labute approximate surface area is 139 Å². The molecule has 0 bridgehead atoms. The number of ether oxygens (including phenoxy) is 1. The predicted molar refractivity (Wildman–Crippen MR) is 87.9 cm³/mol.